The van der Waals surface area contributed by atoms with Gasteiger partial charge in [-0.25, -0.2) is 0 Å². The SMILES string of the molecule is Nc1ccccc1.c1ccc2ccccc2c1. The molecular formula is C16H15N. The smallest absolute Gasteiger partial charge is 0.0313 e. The van der Waals surface area contributed by atoms with Gasteiger partial charge in [0, 0.05) is 5.69 Å². The number of hydrogen-bond acceptors (Lipinski definition) is 1. The molecule has 0 radical (unpaired) electrons. The molecule has 0 fully saturated rings. The normalized spacial score (nSPS) is 9.41. The predicted octanol–water partition coefficient (Wildman–Crippen LogP) is 4.11. The van der Waals surface area contributed by atoms with Gasteiger partial charge in [0.25, 0.3) is 0 Å². The van der Waals surface area contributed by atoms with E-state index in [-0.39, 0.29) is 0 Å². The zero-order valence-electron chi connectivity index (χ0n) is 9.58. The van der Waals surface area contributed by atoms with Gasteiger partial charge in [0.05, 0.1) is 0 Å². The average molecular weight is 221 g/mol. The van der Waals surface area contributed by atoms with Gasteiger partial charge < -0.3 is 5.73 Å². The van der Waals surface area contributed by atoms with Crippen LogP contribution in [0.1, 0.15) is 0 Å². The Morgan fingerprint density at radius 3 is 1.12 bits per heavy atom. The van der Waals surface area contributed by atoms with Crippen LogP contribution in [0.15, 0.2) is 78.9 Å². The molecule has 0 saturated heterocycles. The summed E-state index contributed by atoms with van der Waals surface area (Å²) in [6, 6.07) is 26.2. The van der Waals surface area contributed by atoms with Crippen LogP contribution >= 0.6 is 0 Å². The molecule has 0 saturated carbocycles. The van der Waals surface area contributed by atoms with E-state index in [0.717, 1.165) is 5.69 Å². The molecule has 0 aromatic heterocycles. The lowest BCUT2D eigenvalue weighted by Gasteiger charge is -1.92. The van der Waals surface area contributed by atoms with Crippen molar-refractivity contribution in [3.8, 4) is 0 Å². The maximum absolute atomic E-state index is 5.36. The van der Waals surface area contributed by atoms with Crippen molar-refractivity contribution >= 4 is 16.5 Å². The number of fused-ring (bicyclic) bond motifs is 1. The van der Waals surface area contributed by atoms with Gasteiger partial charge in [-0.1, -0.05) is 66.7 Å². The minimum Gasteiger partial charge on any atom is -0.399 e. The Morgan fingerprint density at radius 2 is 0.824 bits per heavy atom. The van der Waals surface area contributed by atoms with E-state index in [1.54, 1.807) is 0 Å². The van der Waals surface area contributed by atoms with Gasteiger partial charge in [-0.2, -0.15) is 0 Å². The van der Waals surface area contributed by atoms with Crippen LogP contribution in [-0.2, 0) is 0 Å². The Balaban J connectivity index is 0.000000136. The summed E-state index contributed by atoms with van der Waals surface area (Å²) >= 11 is 0. The minimum atomic E-state index is 0.822. The quantitative estimate of drug-likeness (QED) is 0.568. The fourth-order valence-corrected chi connectivity index (χ4v) is 1.59. The van der Waals surface area contributed by atoms with Crippen molar-refractivity contribution in [3.63, 3.8) is 0 Å². The average Bonchev–Trinajstić information content (AvgIpc) is 2.41. The van der Waals surface area contributed by atoms with Crippen LogP contribution in [0.3, 0.4) is 0 Å². The van der Waals surface area contributed by atoms with Crippen molar-refractivity contribution in [1.82, 2.24) is 0 Å². The summed E-state index contributed by atoms with van der Waals surface area (Å²) in [6.07, 6.45) is 0. The topological polar surface area (TPSA) is 26.0 Å². The Kier molecular flexibility index (Phi) is 3.77. The molecule has 2 N–H and O–H groups in total. The van der Waals surface area contributed by atoms with Gasteiger partial charge in [-0.15, -0.1) is 0 Å². The molecule has 0 unspecified atom stereocenters. The zero-order valence-corrected chi connectivity index (χ0v) is 9.58. The summed E-state index contributed by atoms with van der Waals surface area (Å²) in [6.45, 7) is 0. The van der Waals surface area contributed by atoms with Crippen molar-refractivity contribution in [2.24, 2.45) is 0 Å². The first-order valence-corrected chi connectivity index (χ1v) is 5.60. The third-order valence-electron chi connectivity index (χ3n) is 2.46. The Labute approximate surface area is 102 Å². The van der Waals surface area contributed by atoms with Gasteiger partial charge >= 0.3 is 0 Å². The summed E-state index contributed by atoms with van der Waals surface area (Å²) in [4.78, 5) is 0. The van der Waals surface area contributed by atoms with Crippen molar-refractivity contribution in [2.45, 2.75) is 0 Å². The van der Waals surface area contributed by atoms with Crippen LogP contribution in [0, 0.1) is 0 Å². The first-order valence-electron chi connectivity index (χ1n) is 5.60. The highest BCUT2D eigenvalue weighted by molar-refractivity contribution is 5.81. The Morgan fingerprint density at radius 1 is 0.471 bits per heavy atom. The molecule has 1 heteroatoms. The van der Waals surface area contributed by atoms with Crippen molar-refractivity contribution in [1.29, 1.82) is 0 Å². The lowest BCUT2D eigenvalue weighted by Crippen LogP contribution is -1.79. The van der Waals surface area contributed by atoms with Crippen LogP contribution in [-0.4, -0.2) is 0 Å². The van der Waals surface area contributed by atoms with Gasteiger partial charge in [0.2, 0.25) is 0 Å². The molecular weight excluding hydrogens is 206 g/mol. The molecule has 1 nitrogen and oxygen atoms in total. The number of rotatable bonds is 0. The summed E-state index contributed by atoms with van der Waals surface area (Å²) in [5.74, 6) is 0. The molecule has 17 heavy (non-hydrogen) atoms. The molecule has 3 rings (SSSR count). The van der Waals surface area contributed by atoms with Crippen LogP contribution in [0.4, 0.5) is 5.69 Å². The lowest BCUT2D eigenvalue weighted by molar-refractivity contribution is 1.69. The zero-order chi connectivity index (χ0) is 11.9. The van der Waals surface area contributed by atoms with Crippen LogP contribution < -0.4 is 5.73 Å². The second-order valence-corrected chi connectivity index (χ2v) is 3.76. The molecule has 3 aromatic carbocycles. The van der Waals surface area contributed by atoms with E-state index >= 15 is 0 Å². The maximum atomic E-state index is 5.36. The van der Waals surface area contributed by atoms with Gasteiger partial charge in [-0.05, 0) is 22.9 Å². The molecule has 0 spiro atoms. The summed E-state index contributed by atoms with van der Waals surface area (Å²) in [7, 11) is 0. The molecule has 0 heterocycles. The highest BCUT2D eigenvalue weighted by atomic mass is 14.5. The van der Waals surface area contributed by atoms with Gasteiger partial charge in [-0.3, -0.25) is 0 Å². The number of nitrogens with two attached hydrogens (primary N) is 1. The van der Waals surface area contributed by atoms with E-state index in [1.807, 2.05) is 30.3 Å². The fraction of sp³-hybridized carbons (Fsp3) is 0. The van der Waals surface area contributed by atoms with Gasteiger partial charge in [0.1, 0.15) is 0 Å². The predicted molar refractivity (Wildman–Crippen MR) is 74.8 cm³/mol. The van der Waals surface area contributed by atoms with E-state index in [2.05, 4.69) is 48.5 Å². The third kappa shape index (κ3) is 3.35. The molecule has 0 amide bonds. The summed E-state index contributed by atoms with van der Waals surface area (Å²) in [5, 5.41) is 2.62. The Hall–Kier alpha value is -2.28. The van der Waals surface area contributed by atoms with Gasteiger partial charge in [0.15, 0.2) is 0 Å². The number of hydrogen-bond donors (Lipinski definition) is 1. The molecule has 0 aliphatic rings. The van der Waals surface area contributed by atoms with Crippen molar-refractivity contribution in [3.05, 3.63) is 78.9 Å². The second kappa shape index (κ2) is 5.71. The number of para-hydroxylation sites is 1. The second-order valence-electron chi connectivity index (χ2n) is 3.76. The number of anilines is 1. The molecule has 84 valence electrons. The molecule has 0 bridgehead atoms. The summed E-state index contributed by atoms with van der Waals surface area (Å²) in [5.41, 5.74) is 6.18. The van der Waals surface area contributed by atoms with E-state index < -0.39 is 0 Å². The van der Waals surface area contributed by atoms with E-state index in [9.17, 15) is 0 Å². The molecule has 3 aromatic rings. The van der Waals surface area contributed by atoms with Crippen molar-refractivity contribution < 1.29 is 0 Å². The number of nitrogen functional groups attached to an aromatic ring is 1. The van der Waals surface area contributed by atoms with Crippen LogP contribution in [0.5, 0.6) is 0 Å². The highest BCUT2D eigenvalue weighted by Gasteiger charge is 1.85. The maximum Gasteiger partial charge on any atom is 0.0313 e. The monoisotopic (exact) mass is 221 g/mol. The highest BCUT2D eigenvalue weighted by Crippen LogP contribution is 2.11. The fourth-order valence-electron chi connectivity index (χ4n) is 1.59. The summed E-state index contributed by atoms with van der Waals surface area (Å²) < 4.78 is 0. The third-order valence-corrected chi connectivity index (χ3v) is 2.46. The van der Waals surface area contributed by atoms with Crippen LogP contribution in [0.25, 0.3) is 10.8 Å². The van der Waals surface area contributed by atoms with Crippen molar-refractivity contribution in [2.75, 3.05) is 5.73 Å². The molecule has 0 aliphatic heterocycles. The molecule has 0 atom stereocenters. The first-order chi connectivity index (χ1) is 8.36. The molecule has 0 aliphatic carbocycles. The minimum absolute atomic E-state index is 0.822. The van der Waals surface area contributed by atoms with E-state index in [0.29, 0.717) is 0 Å². The largest absolute Gasteiger partial charge is 0.399 e. The lowest BCUT2D eigenvalue weighted by atomic mass is 10.1. The number of benzene rings is 3. The first kappa shape index (κ1) is 11.2. The standard InChI is InChI=1S/C10H8.C6H7N/c1-2-6-10-8-4-3-7-9(10)5-1;7-6-4-2-1-3-5-6/h1-8H;1-5H,7H2. The van der Waals surface area contributed by atoms with E-state index in [4.69, 9.17) is 5.73 Å². The van der Waals surface area contributed by atoms with E-state index in [1.165, 1.54) is 10.8 Å². The Bertz CT molecular complexity index is 508. The van der Waals surface area contributed by atoms with Crippen LogP contribution in [0.2, 0.25) is 0 Å².